The summed E-state index contributed by atoms with van der Waals surface area (Å²) < 4.78 is 9.84. The van der Waals surface area contributed by atoms with Crippen LogP contribution in [-0.4, -0.2) is 25.2 Å². The normalized spacial score (nSPS) is 25.5. The van der Waals surface area contributed by atoms with E-state index in [1.807, 2.05) is 19.9 Å². The van der Waals surface area contributed by atoms with E-state index in [0.717, 1.165) is 0 Å². The van der Waals surface area contributed by atoms with Gasteiger partial charge in [0, 0.05) is 12.8 Å². The Morgan fingerprint density at radius 1 is 1.44 bits per heavy atom. The quantitative estimate of drug-likeness (QED) is 0.558. The molecule has 1 aliphatic rings. The lowest BCUT2D eigenvalue weighted by Gasteiger charge is -2.16. The zero-order valence-corrected chi connectivity index (χ0v) is 11.0. The van der Waals surface area contributed by atoms with E-state index in [2.05, 4.69) is 6.58 Å². The first kappa shape index (κ1) is 14.2. The van der Waals surface area contributed by atoms with Crippen LogP contribution in [0.25, 0.3) is 0 Å². The standard InChI is InChI=1S/C13H17NO4/c1-7(6-14)11(18-8(2)15)9-10(12(16)17-5)13(9,3)4/h9-11H,1H2,2-5H3/t9-,10-,11?/m0/s1. The Balaban J connectivity index is 2.95. The fourth-order valence-electron chi connectivity index (χ4n) is 2.42. The van der Waals surface area contributed by atoms with Crippen molar-refractivity contribution in [3.05, 3.63) is 12.2 Å². The van der Waals surface area contributed by atoms with Crippen LogP contribution in [0.5, 0.6) is 0 Å². The maximum Gasteiger partial charge on any atom is 0.309 e. The number of nitrogens with zero attached hydrogens (tertiary/aromatic N) is 1. The van der Waals surface area contributed by atoms with Crippen molar-refractivity contribution >= 4 is 11.9 Å². The van der Waals surface area contributed by atoms with Crippen molar-refractivity contribution in [2.24, 2.45) is 17.3 Å². The first-order valence-electron chi connectivity index (χ1n) is 5.61. The summed E-state index contributed by atoms with van der Waals surface area (Å²) in [6, 6.07) is 1.88. The number of esters is 2. The molecule has 18 heavy (non-hydrogen) atoms. The lowest BCUT2D eigenvalue weighted by atomic mass is 10.0. The van der Waals surface area contributed by atoms with Gasteiger partial charge in [0.05, 0.1) is 24.7 Å². The first-order valence-corrected chi connectivity index (χ1v) is 5.61. The largest absolute Gasteiger partial charge is 0.469 e. The van der Waals surface area contributed by atoms with Crippen molar-refractivity contribution in [1.29, 1.82) is 5.26 Å². The highest BCUT2D eigenvalue weighted by Crippen LogP contribution is 2.61. The van der Waals surface area contributed by atoms with Gasteiger partial charge in [0.25, 0.3) is 0 Å². The van der Waals surface area contributed by atoms with Crippen LogP contribution >= 0.6 is 0 Å². The molecule has 0 aromatic carbocycles. The summed E-state index contributed by atoms with van der Waals surface area (Å²) in [6.07, 6.45) is -0.758. The molecule has 0 heterocycles. The third-order valence-corrected chi connectivity index (χ3v) is 3.47. The molecule has 0 aliphatic heterocycles. The highest BCUT2D eigenvalue weighted by molar-refractivity contribution is 5.78. The molecule has 3 atom stereocenters. The second kappa shape index (κ2) is 4.81. The summed E-state index contributed by atoms with van der Waals surface area (Å²) in [7, 11) is 1.31. The fourth-order valence-corrected chi connectivity index (χ4v) is 2.42. The van der Waals surface area contributed by atoms with Crippen molar-refractivity contribution in [1.82, 2.24) is 0 Å². The molecule has 0 amide bonds. The molecule has 0 bridgehead atoms. The number of nitriles is 1. The molecule has 0 N–H and O–H groups in total. The van der Waals surface area contributed by atoms with Gasteiger partial charge in [-0.15, -0.1) is 0 Å². The van der Waals surface area contributed by atoms with Gasteiger partial charge in [-0.25, -0.2) is 0 Å². The molecule has 98 valence electrons. The van der Waals surface area contributed by atoms with E-state index in [1.54, 1.807) is 0 Å². The number of hydrogen-bond donors (Lipinski definition) is 0. The Morgan fingerprint density at radius 2 is 2.00 bits per heavy atom. The van der Waals surface area contributed by atoms with Crippen LogP contribution in [0, 0.1) is 28.6 Å². The van der Waals surface area contributed by atoms with E-state index < -0.39 is 12.1 Å². The summed E-state index contributed by atoms with van der Waals surface area (Å²) in [5, 5.41) is 8.89. The van der Waals surface area contributed by atoms with E-state index in [9.17, 15) is 9.59 Å². The van der Waals surface area contributed by atoms with Crippen LogP contribution in [0.2, 0.25) is 0 Å². The number of ether oxygens (including phenoxy) is 2. The average molecular weight is 251 g/mol. The van der Waals surface area contributed by atoms with Gasteiger partial charge in [-0.3, -0.25) is 9.59 Å². The summed E-state index contributed by atoms with van der Waals surface area (Å²) in [6.45, 7) is 8.60. The lowest BCUT2D eigenvalue weighted by molar-refractivity contribution is -0.148. The van der Waals surface area contributed by atoms with Crippen molar-refractivity contribution in [3.63, 3.8) is 0 Å². The van der Waals surface area contributed by atoms with Gasteiger partial charge < -0.3 is 9.47 Å². The molecule has 0 aromatic heterocycles. The molecule has 0 aromatic rings. The van der Waals surface area contributed by atoms with E-state index in [4.69, 9.17) is 14.7 Å². The number of carbonyl (C=O) groups excluding carboxylic acids is 2. The van der Waals surface area contributed by atoms with Crippen molar-refractivity contribution in [2.45, 2.75) is 26.9 Å². The first-order chi connectivity index (χ1) is 8.27. The van der Waals surface area contributed by atoms with E-state index in [1.165, 1.54) is 14.0 Å². The van der Waals surface area contributed by atoms with Crippen LogP contribution in [0.3, 0.4) is 0 Å². The van der Waals surface area contributed by atoms with E-state index >= 15 is 0 Å². The van der Waals surface area contributed by atoms with Gasteiger partial charge >= 0.3 is 11.9 Å². The van der Waals surface area contributed by atoms with Gasteiger partial charge in [0.1, 0.15) is 6.10 Å². The molecule has 1 rings (SSSR count). The monoisotopic (exact) mass is 251 g/mol. The average Bonchev–Trinajstić information content (AvgIpc) is 2.86. The molecular formula is C13H17NO4. The lowest BCUT2D eigenvalue weighted by Crippen LogP contribution is -2.23. The Hall–Kier alpha value is -1.83. The van der Waals surface area contributed by atoms with Crippen molar-refractivity contribution < 1.29 is 19.1 Å². The Bertz CT molecular complexity index is 433. The minimum Gasteiger partial charge on any atom is -0.469 e. The number of methoxy groups -OCH3 is 1. The predicted octanol–water partition coefficient (Wildman–Crippen LogP) is 1.44. The minimum atomic E-state index is -0.758. The summed E-state index contributed by atoms with van der Waals surface area (Å²) in [5.41, 5.74) is -0.220. The van der Waals surface area contributed by atoms with Gasteiger partial charge in [-0.1, -0.05) is 20.4 Å². The molecular weight excluding hydrogens is 234 g/mol. The van der Waals surface area contributed by atoms with Crippen molar-refractivity contribution in [2.75, 3.05) is 7.11 Å². The molecule has 5 nitrogen and oxygen atoms in total. The van der Waals surface area contributed by atoms with E-state index in [0.29, 0.717) is 0 Å². The Kier molecular flexibility index (Phi) is 3.80. The molecule has 1 aliphatic carbocycles. The van der Waals surface area contributed by atoms with Crippen LogP contribution in [0.15, 0.2) is 12.2 Å². The van der Waals surface area contributed by atoms with E-state index in [-0.39, 0.29) is 28.8 Å². The second-order valence-corrected chi connectivity index (χ2v) is 5.02. The highest BCUT2D eigenvalue weighted by atomic mass is 16.5. The Morgan fingerprint density at radius 3 is 2.39 bits per heavy atom. The van der Waals surface area contributed by atoms with Gasteiger partial charge in [-0.05, 0) is 5.41 Å². The minimum absolute atomic E-state index is 0.148. The van der Waals surface area contributed by atoms with Crippen LogP contribution in [-0.2, 0) is 19.1 Å². The smallest absolute Gasteiger partial charge is 0.309 e. The maximum absolute atomic E-state index is 11.6. The molecule has 0 spiro atoms. The van der Waals surface area contributed by atoms with Crippen LogP contribution in [0.4, 0.5) is 0 Å². The number of hydrogen-bond acceptors (Lipinski definition) is 5. The molecule has 5 heteroatoms. The Labute approximate surface area is 106 Å². The number of carbonyl (C=O) groups is 2. The maximum atomic E-state index is 11.6. The summed E-state index contributed by atoms with van der Waals surface area (Å²) in [5.74, 6) is -1.49. The van der Waals surface area contributed by atoms with Gasteiger partial charge in [0.2, 0.25) is 0 Å². The third kappa shape index (κ3) is 2.37. The molecule has 1 saturated carbocycles. The predicted molar refractivity (Wildman–Crippen MR) is 63.1 cm³/mol. The molecule has 1 unspecified atom stereocenters. The van der Waals surface area contributed by atoms with Gasteiger partial charge in [0.15, 0.2) is 0 Å². The van der Waals surface area contributed by atoms with Crippen molar-refractivity contribution in [3.8, 4) is 6.07 Å². The topological polar surface area (TPSA) is 76.4 Å². The van der Waals surface area contributed by atoms with Crippen LogP contribution in [0.1, 0.15) is 20.8 Å². The van der Waals surface area contributed by atoms with Crippen LogP contribution < -0.4 is 0 Å². The zero-order chi connectivity index (χ0) is 14.1. The zero-order valence-electron chi connectivity index (χ0n) is 11.0. The summed E-state index contributed by atoms with van der Waals surface area (Å²) >= 11 is 0. The fraction of sp³-hybridized carbons (Fsp3) is 0.615. The molecule has 0 saturated heterocycles. The second-order valence-electron chi connectivity index (χ2n) is 5.02. The third-order valence-electron chi connectivity index (χ3n) is 3.47. The molecule has 0 radical (unpaired) electrons. The highest BCUT2D eigenvalue weighted by Gasteiger charge is 2.67. The SMILES string of the molecule is C=C(C#N)C(OC(C)=O)[C@@H]1[C@@H](C(=O)OC)C1(C)C. The van der Waals surface area contributed by atoms with Gasteiger partial charge in [-0.2, -0.15) is 5.26 Å². The summed E-state index contributed by atoms with van der Waals surface area (Å²) in [4.78, 5) is 22.7. The number of rotatable bonds is 4. The molecule has 1 fully saturated rings.